The molecule has 2 aromatic heterocycles. The molecule has 2 aromatic carbocycles. The van der Waals surface area contributed by atoms with Crippen LogP contribution in [0.1, 0.15) is 11.1 Å². The molecule has 33 heavy (non-hydrogen) atoms. The third-order valence-corrected chi connectivity index (χ3v) is 8.41. The number of rotatable bonds is 4. The van der Waals surface area contributed by atoms with E-state index < -0.39 is 19.9 Å². The normalized spacial score (nSPS) is 13.7. The van der Waals surface area contributed by atoms with Crippen molar-refractivity contribution in [1.82, 2.24) is 9.55 Å². The van der Waals surface area contributed by atoms with Gasteiger partial charge >= 0.3 is 0 Å². The molecule has 0 amide bonds. The lowest BCUT2D eigenvalue weighted by Crippen LogP contribution is -2.30. The predicted octanol–water partition coefficient (Wildman–Crippen LogP) is 2.79. The number of aromatic amines is 1. The monoisotopic (exact) mass is 483 g/mol. The summed E-state index contributed by atoms with van der Waals surface area (Å²) in [5.74, 6) is -0.180. The first-order chi connectivity index (χ1) is 15.6. The zero-order valence-corrected chi connectivity index (χ0v) is 19.6. The molecule has 0 fully saturated rings. The van der Waals surface area contributed by atoms with Gasteiger partial charge in [-0.25, -0.2) is 16.8 Å². The Hall–Kier alpha value is -3.37. The highest BCUT2D eigenvalue weighted by atomic mass is 32.2. The second-order valence-corrected chi connectivity index (χ2v) is 12.3. The van der Waals surface area contributed by atoms with E-state index in [-0.39, 0.29) is 22.8 Å². The number of H-pyrrole nitrogens is 1. The van der Waals surface area contributed by atoms with Gasteiger partial charge in [0.15, 0.2) is 9.84 Å². The van der Waals surface area contributed by atoms with Crippen molar-refractivity contribution in [1.29, 1.82) is 0 Å². The maximum Gasteiger partial charge on any atom is 0.274 e. The van der Waals surface area contributed by atoms with Crippen molar-refractivity contribution in [2.45, 2.75) is 17.2 Å². The summed E-state index contributed by atoms with van der Waals surface area (Å²) in [5.41, 5.74) is 2.99. The molecule has 3 heterocycles. The number of aryl methyl sites for hydroxylation is 1. The summed E-state index contributed by atoms with van der Waals surface area (Å²) in [6.07, 6.45) is 4.48. The average Bonchev–Trinajstić information content (AvgIpc) is 3.12. The molecule has 0 saturated heterocycles. The third-order valence-electron chi connectivity index (χ3n) is 5.78. The van der Waals surface area contributed by atoms with Gasteiger partial charge in [-0.2, -0.15) is 0 Å². The molecule has 1 aliphatic rings. The molecule has 0 atom stereocenters. The molecule has 0 bridgehead atoms. The minimum Gasteiger partial charge on any atom is -0.356 e. The molecule has 5 rings (SSSR count). The van der Waals surface area contributed by atoms with Gasteiger partial charge in [-0.3, -0.25) is 9.10 Å². The number of fused-ring (bicyclic) bond motifs is 2. The fraction of sp³-hybridized carbons (Fsp3) is 0.174. The van der Waals surface area contributed by atoms with Crippen LogP contribution in [0.15, 0.2) is 70.6 Å². The van der Waals surface area contributed by atoms with Crippen LogP contribution in [0.5, 0.6) is 0 Å². The summed E-state index contributed by atoms with van der Waals surface area (Å²) < 4.78 is 54.0. The highest BCUT2D eigenvalue weighted by Gasteiger charge is 2.32. The van der Waals surface area contributed by atoms with Crippen LogP contribution in [0, 0.1) is 0 Å². The van der Waals surface area contributed by atoms with E-state index in [0.29, 0.717) is 38.8 Å². The van der Waals surface area contributed by atoms with Crippen molar-refractivity contribution in [3.05, 3.63) is 82.4 Å². The lowest BCUT2D eigenvalue weighted by atomic mass is 9.99. The molecule has 0 saturated carbocycles. The molecule has 0 unspecified atom stereocenters. The van der Waals surface area contributed by atoms with E-state index in [1.54, 1.807) is 55.8 Å². The first-order valence-corrected chi connectivity index (χ1v) is 13.6. The van der Waals surface area contributed by atoms with Gasteiger partial charge in [-0.1, -0.05) is 24.3 Å². The summed E-state index contributed by atoms with van der Waals surface area (Å²) in [6, 6.07) is 13.1. The number of anilines is 1. The van der Waals surface area contributed by atoms with E-state index in [1.807, 2.05) is 0 Å². The minimum absolute atomic E-state index is 0.0236. The molecule has 0 aliphatic carbocycles. The molecule has 0 radical (unpaired) electrons. The van der Waals surface area contributed by atoms with Crippen LogP contribution in [-0.2, 0) is 39.2 Å². The summed E-state index contributed by atoms with van der Waals surface area (Å²) in [5, 5.41) is 0.640. The van der Waals surface area contributed by atoms with Crippen LogP contribution in [0.4, 0.5) is 5.69 Å². The maximum absolute atomic E-state index is 13.7. The van der Waals surface area contributed by atoms with Crippen LogP contribution >= 0.6 is 0 Å². The topological polar surface area (TPSA) is 109 Å². The number of hydrogen-bond donors (Lipinski definition) is 1. The summed E-state index contributed by atoms with van der Waals surface area (Å²) >= 11 is 0. The SMILES string of the molecule is Cn1cc2c3c(c[nH]c3c1=O)CN(S(=O)(=O)c1ccccc1)c1ccc(CS(C)(=O)=O)cc1-2. The Morgan fingerprint density at radius 3 is 2.42 bits per heavy atom. The van der Waals surface area contributed by atoms with E-state index in [4.69, 9.17) is 0 Å². The van der Waals surface area contributed by atoms with E-state index in [9.17, 15) is 21.6 Å². The molecular weight excluding hydrogens is 462 g/mol. The second kappa shape index (κ2) is 7.32. The molecule has 10 heteroatoms. The summed E-state index contributed by atoms with van der Waals surface area (Å²) in [4.78, 5) is 15.9. The Bertz CT molecular complexity index is 1690. The van der Waals surface area contributed by atoms with Crippen molar-refractivity contribution in [2.75, 3.05) is 10.6 Å². The Morgan fingerprint density at radius 1 is 1.00 bits per heavy atom. The van der Waals surface area contributed by atoms with Crippen LogP contribution in [0.2, 0.25) is 0 Å². The fourth-order valence-electron chi connectivity index (χ4n) is 4.35. The van der Waals surface area contributed by atoms with E-state index in [1.165, 1.54) is 21.0 Å². The smallest absolute Gasteiger partial charge is 0.274 e. The Morgan fingerprint density at radius 2 is 1.73 bits per heavy atom. The fourth-order valence-corrected chi connectivity index (χ4v) is 6.61. The van der Waals surface area contributed by atoms with Gasteiger partial charge in [0.05, 0.1) is 22.9 Å². The van der Waals surface area contributed by atoms with Crippen LogP contribution in [0.25, 0.3) is 22.0 Å². The number of aromatic nitrogens is 2. The lowest BCUT2D eigenvalue weighted by molar-refractivity contribution is 0.590. The Labute approximate surface area is 191 Å². The molecule has 170 valence electrons. The van der Waals surface area contributed by atoms with Gasteiger partial charge in [0.2, 0.25) is 0 Å². The van der Waals surface area contributed by atoms with E-state index in [0.717, 1.165) is 6.26 Å². The number of hydrogen-bond acceptors (Lipinski definition) is 5. The first kappa shape index (κ1) is 21.5. The molecule has 4 aromatic rings. The zero-order valence-electron chi connectivity index (χ0n) is 17.9. The van der Waals surface area contributed by atoms with Gasteiger partial charge in [-0.15, -0.1) is 0 Å². The number of sulfone groups is 1. The van der Waals surface area contributed by atoms with Crippen LogP contribution < -0.4 is 9.86 Å². The highest BCUT2D eigenvalue weighted by molar-refractivity contribution is 7.92. The van der Waals surface area contributed by atoms with Gasteiger partial charge in [0, 0.05) is 42.2 Å². The van der Waals surface area contributed by atoms with Crippen molar-refractivity contribution >= 4 is 36.5 Å². The number of nitrogens with one attached hydrogen (secondary N) is 1. The third kappa shape index (κ3) is 3.55. The van der Waals surface area contributed by atoms with Gasteiger partial charge in [-0.05, 0) is 35.4 Å². The molecule has 0 spiro atoms. The van der Waals surface area contributed by atoms with Gasteiger partial charge in [0.1, 0.15) is 5.52 Å². The summed E-state index contributed by atoms with van der Waals surface area (Å²) in [6.45, 7) is 0.0236. The minimum atomic E-state index is -3.94. The Balaban J connectivity index is 1.84. The van der Waals surface area contributed by atoms with Gasteiger partial charge < -0.3 is 9.55 Å². The zero-order chi connectivity index (χ0) is 23.5. The van der Waals surface area contributed by atoms with E-state index >= 15 is 0 Å². The molecule has 8 nitrogen and oxygen atoms in total. The molecule has 1 aliphatic heterocycles. The van der Waals surface area contributed by atoms with Crippen LogP contribution in [0.3, 0.4) is 0 Å². The largest absolute Gasteiger partial charge is 0.356 e. The number of nitrogens with zero attached hydrogens (tertiary/aromatic N) is 2. The predicted molar refractivity (Wildman–Crippen MR) is 127 cm³/mol. The highest BCUT2D eigenvalue weighted by Crippen LogP contribution is 2.43. The molecular formula is C23H21N3O5S2. The second-order valence-electron chi connectivity index (χ2n) is 8.27. The van der Waals surface area contributed by atoms with Crippen molar-refractivity contribution < 1.29 is 16.8 Å². The number of pyridine rings is 1. The standard InChI is InChI=1S/C23H21N3O5S2/c1-25-13-19-18-10-15(14-32(2,28)29)8-9-20(18)26(33(30,31)17-6-4-3-5-7-17)12-16-11-24-22(21(16)19)23(25)27/h3-11,13,24H,12,14H2,1-2H3. The molecule has 1 N–H and O–H groups in total. The van der Waals surface area contributed by atoms with Crippen LogP contribution in [-0.4, -0.2) is 32.6 Å². The Kier molecular flexibility index (Phi) is 4.77. The maximum atomic E-state index is 13.7. The van der Waals surface area contributed by atoms with Crippen molar-refractivity contribution in [3.63, 3.8) is 0 Å². The van der Waals surface area contributed by atoms with Gasteiger partial charge in [0.25, 0.3) is 15.6 Å². The number of benzene rings is 2. The average molecular weight is 484 g/mol. The van der Waals surface area contributed by atoms with E-state index in [2.05, 4.69) is 4.98 Å². The summed E-state index contributed by atoms with van der Waals surface area (Å²) in [7, 11) is -5.62. The quantitative estimate of drug-likeness (QED) is 0.480. The van der Waals surface area contributed by atoms with Crippen molar-refractivity contribution in [3.8, 4) is 11.1 Å². The first-order valence-electron chi connectivity index (χ1n) is 10.1. The number of sulfonamides is 1. The lowest BCUT2D eigenvalue weighted by Gasteiger charge is -2.25. The van der Waals surface area contributed by atoms with Crippen molar-refractivity contribution in [2.24, 2.45) is 7.05 Å².